The Hall–Kier alpha value is -4.90. The van der Waals surface area contributed by atoms with Gasteiger partial charge in [0.25, 0.3) is 0 Å². The standard InChI is InChI=1S/C41H40O10/c1-24-20-39-25(2)21-40(51-37(47)28-17-11-6-12-18-28)31(38(40,3)23-49-35(45)26-13-7-4-8-14-26)30(33(39)44)19-29(22-42)32(43)41(39,48)34(24)50-36(46)27-15-9-5-10-16-27/h4-20,25,30-32,34,42-43,48H,21-23H2,1-3H3/t25-,30+,31-,32-,34+,38+,39+,40+,41+/m1/s1. The SMILES string of the molecule is CC1=C[C@]23C(=O)[C@@H](C=C(CO)[C@@H](O)[C@]2(O)[C@H]1OC(=O)c1ccccc1)[C@@H]1[C@](C)(COC(=O)c2ccccc2)[C@]1(OC(=O)c1ccccc1)C[C@H]3C. The molecular weight excluding hydrogens is 652 g/mol. The minimum atomic E-state index is -2.43. The van der Waals surface area contributed by atoms with Crippen LogP contribution < -0.4 is 0 Å². The molecule has 2 fully saturated rings. The molecule has 3 aromatic carbocycles. The summed E-state index contributed by atoms with van der Waals surface area (Å²) in [4.78, 5) is 55.7. The number of ether oxygens (including phenoxy) is 3. The van der Waals surface area contributed by atoms with Crippen LogP contribution in [0.5, 0.6) is 0 Å². The fourth-order valence-corrected chi connectivity index (χ4v) is 9.34. The Morgan fingerprint density at radius 1 is 0.843 bits per heavy atom. The fraction of sp³-hybridized carbons (Fsp3) is 0.366. The second kappa shape index (κ2) is 12.4. The van der Waals surface area contributed by atoms with Gasteiger partial charge in [-0.05, 0) is 66.8 Å². The molecule has 0 unspecified atom stereocenters. The van der Waals surface area contributed by atoms with Crippen molar-refractivity contribution in [2.24, 2.45) is 28.6 Å². The lowest BCUT2D eigenvalue weighted by Crippen LogP contribution is -2.66. The molecule has 9 atom stereocenters. The summed E-state index contributed by atoms with van der Waals surface area (Å²) in [6.45, 7) is 4.22. The van der Waals surface area contributed by atoms with Gasteiger partial charge in [0.05, 0.1) is 28.7 Å². The molecule has 7 rings (SSSR count). The van der Waals surface area contributed by atoms with Crippen LogP contribution >= 0.6 is 0 Å². The van der Waals surface area contributed by atoms with Crippen LogP contribution in [0.2, 0.25) is 0 Å². The quantitative estimate of drug-likeness (QED) is 0.175. The van der Waals surface area contributed by atoms with Crippen LogP contribution in [0.3, 0.4) is 0 Å². The minimum Gasteiger partial charge on any atom is -0.461 e. The second-order valence-corrected chi connectivity index (χ2v) is 14.5. The van der Waals surface area contributed by atoms with Gasteiger partial charge in [0, 0.05) is 17.3 Å². The molecule has 0 saturated heterocycles. The third kappa shape index (κ3) is 4.95. The molecule has 0 heterocycles. The van der Waals surface area contributed by atoms with E-state index in [1.807, 2.05) is 0 Å². The Morgan fingerprint density at radius 3 is 1.92 bits per heavy atom. The predicted octanol–water partition coefficient (Wildman–Crippen LogP) is 4.50. The fourth-order valence-electron chi connectivity index (χ4n) is 9.34. The van der Waals surface area contributed by atoms with E-state index in [1.54, 1.807) is 118 Å². The third-order valence-electron chi connectivity index (χ3n) is 11.8. The van der Waals surface area contributed by atoms with E-state index >= 15 is 4.79 Å². The number of rotatable bonds is 8. The molecule has 0 aromatic heterocycles. The van der Waals surface area contributed by atoms with Crippen molar-refractivity contribution >= 4 is 23.7 Å². The molecule has 4 aliphatic carbocycles. The number of carbonyl (C=O) groups excluding carboxylic acids is 4. The van der Waals surface area contributed by atoms with E-state index < -0.39 is 82.3 Å². The number of ketones is 1. The highest BCUT2D eigenvalue weighted by Gasteiger charge is 2.85. The molecule has 0 amide bonds. The van der Waals surface area contributed by atoms with Crippen molar-refractivity contribution < 1.29 is 48.7 Å². The molecule has 2 bridgehead atoms. The van der Waals surface area contributed by atoms with E-state index in [-0.39, 0.29) is 29.7 Å². The van der Waals surface area contributed by atoms with Crippen LogP contribution in [-0.2, 0) is 19.0 Å². The monoisotopic (exact) mass is 692 g/mol. The van der Waals surface area contributed by atoms with Gasteiger partial charge in [-0.15, -0.1) is 0 Å². The van der Waals surface area contributed by atoms with Crippen LogP contribution in [0.1, 0.15) is 58.3 Å². The highest BCUT2D eigenvalue weighted by molar-refractivity contribution is 5.97. The maximum Gasteiger partial charge on any atom is 0.338 e. The average molecular weight is 693 g/mol. The topological polar surface area (TPSA) is 157 Å². The average Bonchev–Trinajstić information content (AvgIpc) is 3.59. The smallest absolute Gasteiger partial charge is 0.338 e. The molecule has 2 saturated carbocycles. The van der Waals surface area contributed by atoms with Crippen LogP contribution in [0.4, 0.5) is 0 Å². The summed E-state index contributed by atoms with van der Waals surface area (Å²) in [5.41, 5.74) is -5.63. The van der Waals surface area contributed by atoms with Gasteiger partial charge < -0.3 is 29.5 Å². The molecule has 1 spiro atoms. The molecule has 10 heteroatoms. The Bertz CT molecular complexity index is 1940. The Morgan fingerprint density at radius 2 is 1.37 bits per heavy atom. The Balaban J connectivity index is 1.33. The van der Waals surface area contributed by atoms with Crippen LogP contribution in [0, 0.1) is 28.6 Å². The van der Waals surface area contributed by atoms with Gasteiger partial charge in [0.2, 0.25) is 0 Å². The van der Waals surface area contributed by atoms with Crippen molar-refractivity contribution in [3.63, 3.8) is 0 Å². The van der Waals surface area contributed by atoms with Crippen molar-refractivity contribution in [1.82, 2.24) is 0 Å². The first-order valence-electron chi connectivity index (χ1n) is 17.1. The highest BCUT2D eigenvalue weighted by atomic mass is 16.6. The summed E-state index contributed by atoms with van der Waals surface area (Å²) < 4.78 is 18.3. The number of Topliss-reactive ketones (excluding diaryl/α,β-unsaturated/α-hetero) is 1. The lowest BCUT2D eigenvalue weighted by molar-refractivity contribution is -0.191. The molecule has 0 aliphatic heterocycles. The second-order valence-electron chi connectivity index (χ2n) is 14.5. The van der Waals surface area contributed by atoms with E-state index in [9.17, 15) is 29.7 Å². The Kier molecular flexibility index (Phi) is 8.40. The van der Waals surface area contributed by atoms with Gasteiger partial charge in [-0.1, -0.05) is 80.6 Å². The van der Waals surface area contributed by atoms with Gasteiger partial charge in [-0.3, -0.25) is 4.79 Å². The first kappa shape index (κ1) is 34.5. The van der Waals surface area contributed by atoms with Crippen molar-refractivity contribution in [3.05, 3.63) is 131 Å². The summed E-state index contributed by atoms with van der Waals surface area (Å²) >= 11 is 0. The van der Waals surface area contributed by atoms with Crippen LogP contribution in [0.25, 0.3) is 0 Å². The number of hydrogen-bond acceptors (Lipinski definition) is 10. The largest absolute Gasteiger partial charge is 0.461 e. The number of aliphatic hydroxyl groups is 3. The van der Waals surface area contributed by atoms with Gasteiger partial charge in [-0.25, -0.2) is 14.4 Å². The molecule has 3 N–H and O–H groups in total. The first-order valence-corrected chi connectivity index (χ1v) is 17.1. The van der Waals surface area contributed by atoms with Crippen molar-refractivity contribution in [2.45, 2.75) is 50.6 Å². The molecule has 3 aromatic rings. The number of esters is 3. The zero-order valence-corrected chi connectivity index (χ0v) is 28.5. The summed E-state index contributed by atoms with van der Waals surface area (Å²) in [5, 5.41) is 35.5. The van der Waals surface area contributed by atoms with E-state index in [0.717, 1.165) is 0 Å². The first-order chi connectivity index (χ1) is 24.4. The predicted molar refractivity (Wildman–Crippen MR) is 183 cm³/mol. The van der Waals surface area contributed by atoms with Crippen LogP contribution in [-0.4, -0.2) is 75.6 Å². The van der Waals surface area contributed by atoms with Crippen molar-refractivity contribution in [1.29, 1.82) is 0 Å². The molecule has 51 heavy (non-hydrogen) atoms. The third-order valence-corrected chi connectivity index (χ3v) is 11.8. The van der Waals surface area contributed by atoms with Gasteiger partial charge in [0.1, 0.15) is 18.3 Å². The molecule has 10 nitrogen and oxygen atoms in total. The molecular formula is C41H40O10. The summed E-state index contributed by atoms with van der Waals surface area (Å²) in [5.74, 6) is -5.21. The number of fused-ring (bicyclic) bond motifs is 3. The van der Waals surface area contributed by atoms with Gasteiger partial charge >= 0.3 is 17.9 Å². The van der Waals surface area contributed by atoms with Crippen molar-refractivity contribution in [3.8, 4) is 0 Å². The summed E-state index contributed by atoms with van der Waals surface area (Å²) in [7, 11) is 0. The zero-order valence-electron chi connectivity index (χ0n) is 28.5. The van der Waals surface area contributed by atoms with E-state index in [4.69, 9.17) is 14.2 Å². The number of hydrogen-bond donors (Lipinski definition) is 3. The lowest BCUT2D eigenvalue weighted by atomic mass is 9.58. The van der Waals surface area contributed by atoms with E-state index in [2.05, 4.69) is 0 Å². The Labute approximate surface area is 295 Å². The number of carbonyl (C=O) groups is 4. The number of benzene rings is 3. The zero-order chi connectivity index (χ0) is 36.3. The van der Waals surface area contributed by atoms with Gasteiger partial charge in [-0.2, -0.15) is 0 Å². The van der Waals surface area contributed by atoms with Gasteiger partial charge in [0.15, 0.2) is 17.5 Å². The molecule has 264 valence electrons. The maximum absolute atomic E-state index is 15.3. The summed E-state index contributed by atoms with van der Waals surface area (Å²) in [6.07, 6.45) is -0.227. The highest BCUT2D eigenvalue weighted by Crippen LogP contribution is 2.75. The van der Waals surface area contributed by atoms with Crippen molar-refractivity contribution in [2.75, 3.05) is 13.2 Å². The maximum atomic E-state index is 15.3. The lowest BCUT2D eigenvalue weighted by Gasteiger charge is -2.49. The van der Waals surface area contributed by atoms with E-state index in [0.29, 0.717) is 11.1 Å². The molecule has 0 radical (unpaired) electrons. The normalized spacial score (nSPS) is 34.8. The number of aliphatic hydroxyl groups excluding tert-OH is 2. The van der Waals surface area contributed by atoms with Crippen LogP contribution in [0.15, 0.2) is 114 Å². The number of allylic oxidation sites excluding steroid dienone is 1. The van der Waals surface area contributed by atoms with E-state index in [1.165, 1.54) is 6.08 Å². The summed E-state index contributed by atoms with van der Waals surface area (Å²) in [6, 6.07) is 25.0. The minimum absolute atomic E-state index is 0.0261. The molecule has 4 aliphatic rings.